The number of nitrogens with one attached hydrogen (secondary N) is 2. The number of carbonyl (C=O) groups is 6. The number of aromatic nitrogens is 1. The van der Waals surface area contributed by atoms with Gasteiger partial charge in [0.05, 0.1) is 43.5 Å². The van der Waals surface area contributed by atoms with E-state index >= 15 is 0 Å². The second kappa shape index (κ2) is 27.7. The molecule has 3 N–H and O–H groups in total. The van der Waals surface area contributed by atoms with E-state index in [1.807, 2.05) is 0 Å². The van der Waals surface area contributed by atoms with E-state index in [-0.39, 0.29) is 136 Å². The van der Waals surface area contributed by atoms with Crippen LogP contribution < -0.4 is 30.7 Å². The Kier molecular flexibility index (Phi) is 24.4. The van der Waals surface area contributed by atoms with Gasteiger partial charge in [0, 0.05) is 107 Å². The van der Waals surface area contributed by atoms with Crippen LogP contribution in [0.25, 0.3) is 10.9 Å². The van der Waals surface area contributed by atoms with Gasteiger partial charge < -0.3 is 45.1 Å². The number of rotatable bonds is 17. The van der Waals surface area contributed by atoms with Crippen molar-refractivity contribution < 1.29 is 115 Å². The molecule has 1 radical (unpaired) electrons. The first-order chi connectivity index (χ1) is 30.5. The third kappa shape index (κ3) is 19.7. The number of carboxylic acids is 3. The Morgan fingerprint density at radius 1 is 0.727 bits per heavy atom. The van der Waals surface area contributed by atoms with E-state index in [0.29, 0.717) is 59.0 Å². The standard InChI is InChI=1S/C39H52ClN7O10.CHF3O3S.Gd/c1-27-31(32-21-30(57-2)9-10-33(32)47(27)39(56)28-5-7-29(40)8-6-28)22-34(48)41-11-3-4-12-42-35(49)23-43-13-15-44(24-36(50)51)17-19-46(26-38(54)55)20-18-45(16-14-43)25-37(52)53;2-1(3,4)8(5,6)7;/h5-10,21H,3-4,11-20,22-26H2,1-2H3,(H,41,48)(H,42,49)(H,50,51)(H,52,53)(H,54,55);(H,5,6,7);/q;;+3/p-3. The van der Waals surface area contributed by atoms with Crippen molar-refractivity contribution in [3.63, 3.8) is 0 Å². The molecule has 0 unspecified atom stereocenters. The Morgan fingerprint density at radius 3 is 1.53 bits per heavy atom. The van der Waals surface area contributed by atoms with Gasteiger partial charge in [0.25, 0.3) is 5.91 Å². The molecule has 66 heavy (non-hydrogen) atoms. The number of alkyl halides is 3. The zero-order valence-electron chi connectivity index (χ0n) is 35.9. The molecule has 4 rings (SSSR count). The smallest absolute Gasteiger partial charge is 0.549 e. The molecule has 20 nitrogen and oxygen atoms in total. The summed E-state index contributed by atoms with van der Waals surface area (Å²) in [6.07, 6.45) is 1.17. The molecule has 1 fully saturated rings. The number of halogens is 4. The number of fused-ring (bicyclic) bond motifs is 1. The van der Waals surface area contributed by atoms with Crippen LogP contribution in [0, 0.1) is 46.9 Å². The second-order valence-corrected chi connectivity index (χ2v) is 16.7. The predicted octanol–water partition coefficient (Wildman–Crippen LogP) is -2.28. The molecular formula is C40H50ClF3GdN7O13S. The molecule has 2 aromatic carbocycles. The fourth-order valence-corrected chi connectivity index (χ4v) is 6.87. The van der Waals surface area contributed by atoms with Crippen LogP contribution in [-0.4, -0.2) is 177 Å². The van der Waals surface area contributed by atoms with E-state index in [1.165, 1.54) is 0 Å². The average molecular weight is 1120 g/mol. The van der Waals surface area contributed by atoms with Crippen molar-refractivity contribution >= 4 is 68.3 Å². The summed E-state index contributed by atoms with van der Waals surface area (Å²) < 4.78 is 64.5. The van der Waals surface area contributed by atoms with Crippen LogP contribution in [0.15, 0.2) is 42.5 Å². The first kappa shape index (κ1) is 58.1. The number of ether oxygens (including phenoxy) is 1. The number of benzene rings is 2. The molecule has 1 aromatic heterocycles. The van der Waals surface area contributed by atoms with E-state index in [2.05, 4.69) is 10.6 Å². The van der Waals surface area contributed by atoms with Gasteiger partial charge in [0.1, 0.15) is 5.75 Å². The third-order valence-corrected chi connectivity index (χ3v) is 10.9. The maximum absolute atomic E-state index is 13.6. The van der Waals surface area contributed by atoms with Gasteiger partial charge in [-0.05, 0) is 67.8 Å². The van der Waals surface area contributed by atoms with Gasteiger partial charge in [-0.15, -0.1) is 0 Å². The number of carboxylic acid groups (broad SMARTS) is 3. The maximum Gasteiger partial charge on any atom is 3.00 e. The van der Waals surface area contributed by atoms with Crippen LogP contribution in [0.5, 0.6) is 5.75 Å². The number of methoxy groups -OCH3 is 1. The van der Waals surface area contributed by atoms with Crippen molar-refractivity contribution in [3.05, 3.63) is 64.3 Å². The molecule has 26 heteroatoms. The minimum atomic E-state index is -5.84. The van der Waals surface area contributed by atoms with Crippen LogP contribution in [0.4, 0.5) is 13.2 Å². The van der Waals surface area contributed by atoms with Crippen molar-refractivity contribution in [1.82, 2.24) is 34.8 Å². The first-order valence-corrected chi connectivity index (χ1v) is 21.8. The topological polar surface area (TPSA) is 277 Å². The molecule has 365 valence electrons. The first-order valence-electron chi connectivity index (χ1n) is 20.0. The number of hydrogen-bond acceptors (Lipinski definition) is 16. The van der Waals surface area contributed by atoms with E-state index in [9.17, 15) is 57.3 Å². The summed E-state index contributed by atoms with van der Waals surface area (Å²) >= 11 is 6.03. The van der Waals surface area contributed by atoms with Gasteiger partial charge in [-0.3, -0.25) is 43.1 Å². The molecule has 0 spiro atoms. The molecule has 3 aromatic rings. The van der Waals surface area contributed by atoms with E-state index in [0.717, 1.165) is 5.39 Å². The monoisotopic (exact) mass is 1120 g/mol. The molecule has 1 aliphatic heterocycles. The van der Waals surface area contributed by atoms with Gasteiger partial charge >= 0.3 is 55.6 Å². The quantitative estimate of drug-likeness (QED) is 0.0730. The molecule has 0 atom stereocenters. The van der Waals surface area contributed by atoms with Crippen molar-refractivity contribution in [3.8, 4) is 5.75 Å². The van der Waals surface area contributed by atoms with Crippen LogP contribution in [0.3, 0.4) is 0 Å². The minimum Gasteiger partial charge on any atom is -0.549 e. The van der Waals surface area contributed by atoms with Crippen LogP contribution in [0.1, 0.15) is 34.5 Å². The minimum absolute atomic E-state index is 0. The molecule has 2 heterocycles. The SMILES string of the molecule is COc1ccc2c(c1)c(CC(=O)NCCCCNC(=O)CN1CCN(CC(=O)[O-])CCN(CC(=O)[O-])CCN(CC(=O)[O-])CC1)c(C)n2C(=O)c1ccc(Cl)cc1.O=S(=O)(O)C(F)(F)F.[Gd+3]. The normalized spacial score (nSPS) is 15.0. The second-order valence-electron chi connectivity index (χ2n) is 14.8. The molecule has 1 aliphatic rings. The van der Waals surface area contributed by atoms with Crippen molar-refractivity contribution in [1.29, 1.82) is 0 Å². The van der Waals surface area contributed by atoms with Crippen molar-refractivity contribution in [2.45, 2.75) is 31.7 Å². The van der Waals surface area contributed by atoms with Crippen LogP contribution in [0.2, 0.25) is 5.02 Å². The summed E-state index contributed by atoms with van der Waals surface area (Å²) in [5, 5.41) is 41.2. The summed E-state index contributed by atoms with van der Waals surface area (Å²) in [6.45, 7) is 3.19. The summed E-state index contributed by atoms with van der Waals surface area (Å²) in [5.41, 5.74) is -3.12. The number of carbonyl (C=O) groups excluding carboxylic acids is 6. The number of aliphatic carboxylic acids is 3. The summed E-state index contributed by atoms with van der Waals surface area (Å²) in [4.78, 5) is 80.4. The molecule has 0 aliphatic carbocycles. The molecule has 0 saturated carbocycles. The van der Waals surface area contributed by atoms with Gasteiger partial charge in [0.2, 0.25) is 11.8 Å². The number of unbranched alkanes of at least 4 members (excludes halogenated alkanes) is 1. The Morgan fingerprint density at radius 2 is 1.14 bits per heavy atom. The number of amides is 2. The largest absolute Gasteiger partial charge is 3.00 e. The van der Waals surface area contributed by atoms with Crippen LogP contribution >= 0.6 is 11.6 Å². The molecule has 0 bridgehead atoms. The van der Waals surface area contributed by atoms with Crippen LogP contribution in [-0.2, 0) is 40.5 Å². The zero-order chi connectivity index (χ0) is 48.5. The van der Waals surface area contributed by atoms with Crippen molar-refractivity contribution in [2.75, 3.05) is 98.7 Å². The Labute approximate surface area is 415 Å². The Bertz CT molecular complexity index is 2220. The fourth-order valence-electron chi connectivity index (χ4n) is 6.74. The zero-order valence-corrected chi connectivity index (χ0v) is 39.8. The summed E-state index contributed by atoms with van der Waals surface area (Å²) in [6, 6.07) is 12.0. The fraction of sp³-hybridized carbons (Fsp3) is 0.500. The van der Waals surface area contributed by atoms with Gasteiger partial charge in [-0.2, -0.15) is 21.6 Å². The Balaban J connectivity index is 0.00000152. The van der Waals surface area contributed by atoms with E-state index in [1.54, 1.807) is 80.7 Å². The predicted molar refractivity (Wildman–Crippen MR) is 222 cm³/mol. The van der Waals surface area contributed by atoms with E-state index < -0.39 is 40.1 Å². The van der Waals surface area contributed by atoms with Gasteiger partial charge in [-0.25, -0.2) is 0 Å². The summed E-state index contributed by atoms with van der Waals surface area (Å²) in [7, 11) is -4.30. The third-order valence-electron chi connectivity index (χ3n) is 10.1. The van der Waals surface area contributed by atoms with E-state index in [4.69, 9.17) is 29.3 Å². The van der Waals surface area contributed by atoms with Gasteiger partial charge in [0.15, 0.2) is 0 Å². The maximum atomic E-state index is 13.6. The number of nitrogens with zero attached hydrogens (tertiary/aromatic N) is 5. The van der Waals surface area contributed by atoms with Crippen molar-refractivity contribution in [2.24, 2.45) is 0 Å². The average Bonchev–Trinajstić information content (AvgIpc) is 3.48. The Hall–Kier alpha value is -4.05. The van der Waals surface area contributed by atoms with Gasteiger partial charge in [-0.1, -0.05) is 11.6 Å². The number of hydrogen-bond donors (Lipinski definition) is 3. The molecule has 2 amide bonds. The molecule has 1 saturated heterocycles. The molecular weight excluding hydrogens is 1070 g/mol. The summed E-state index contributed by atoms with van der Waals surface area (Å²) in [5.74, 6) is -4.06.